The molecular formula is C9H8S3. The van der Waals surface area contributed by atoms with Crippen LogP contribution in [-0.2, 0) is 5.75 Å². The van der Waals surface area contributed by atoms with Crippen molar-refractivity contribution >= 4 is 35.3 Å². The maximum atomic E-state index is 4.23. The second-order valence-electron chi connectivity index (χ2n) is 2.44. The normalized spacial score (nSPS) is 10.4. The molecule has 2 aromatic heterocycles. The second kappa shape index (κ2) is 3.64. The van der Waals surface area contributed by atoms with E-state index in [9.17, 15) is 0 Å². The summed E-state index contributed by atoms with van der Waals surface area (Å²) in [6, 6.07) is 6.44. The molecule has 2 aromatic rings. The summed E-state index contributed by atoms with van der Waals surface area (Å²) >= 11 is 7.79. The van der Waals surface area contributed by atoms with Gasteiger partial charge in [-0.25, -0.2) is 0 Å². The van der Waals surface area contributed by atoms with Gasteiger partial charge >= 0.3 is 0 Å². The predicted molar refractivity (Wildman–Crippen MR) is 60.3 cm³/mol. The molecule has 0 aliphatic heterocycles. The molecule has 2 rings (SSSR count). The predicted octanol–water partition coefficient (Wildman–Crippen LogP) is 3.91. The Bertz CT molecular complexity index is 345. The molecule has 0 nitrogen and oxygen atoms in total. The quantitative estimate of drug-likeness (QED) is 0.717. The Hall–Kier alpha value is -0.250. The van der Waals surface area contributed by atoms with Gasteiger partial charge in [0, 0.05) is 21.1 Å². The first-order chi connectivity index (χ1) is 5.90. The minimum absolute atomic E-state index is 0.843. The van der Waals surface area contributed by atoms with Crippen LogP contribution in [0.4, 0.5) is 0 Å². The van der Waals surface area contributed by atoms with Crippen molar-refractivity contribution in [3.8, 4) is 10.4 Å². The molecule has 0 saturated heterocycles. The first-order valence-corrected chi connectivity index (χ1v) is 6.01. The van der Waals surface area contributed by atoms with Gasteiger partial charge in [0.05, 0.1) is 0 Å². The summed E-state index contributed by atoms with van der Waals surface area (Å²) in [5.74, 6) is 0.843. The number of rotatable bonds is 2. The van der Waals surface area contributed by atoms with Crippen LogP contribution in [0.2, 0.25) is 0 Å². The van der Waals surface area contributed by atoms with E-state index in [1.54, 1.807) is 22.7 Å². The van der Waals surface area contributed by atoms with E-state index in [1.807, 2.05) is 0 Å². The number of thiophene rings is 2. The first kappa shape index (κ1) is 8.35. The first-order valence-electron chi connectivity index (χ1n) is 3.62. The van der Waals surface area contributed by atoms with Gasteiger partial charge in [0.25, 0.3) is 0 Å². The van der Waals surface area contributed by atoms with E-state index < -0.39 is 0 Å². The van der Waals surface area contributed by atoms with Crippen molar-refractivity contribution in [1.82, 2.24) is 0 Å². The molecule has 0 aliphatic carbocycles. The third-order valence-electron chi connectivity index (χ3n) is 1.62. The number of hydrogen-bond acceptors (Lipinski definition) is 3. The van der Waals surface area contributed by atoms with Gasteiger partial charge in [0.1, 0.15) is 0 Å². The molecule has 0 aliphatic rings. The van der Waals surface area contributed by atoms with Crippen LogP contribution >= 0.6 is 35.3 Å². The summed E-state index contributed by atoms with van der Waals surface area (Å²) in [4.78, 5) is 2.68. The van der Waals surface area contributed by atoms with E-state index in [-0.39, 0.29) is 0 Å². The van der Waals surface area contributed by atoms with Crippen LogP contribution in [-0.4, -0.2) is 0 Å². The summed E-state index contributed by atoms with van der Waals surface area (Å²) in [6.45, 7) is 0. The highest BCUT2D eigenvalue weighted by Crippen LogP contribution is 2.29. The van der Waals surface area contributed by atoms with Gasteiger partial charge in [-0.3, -0.25) is 0 Å². The van der Waals surface area contributed by atoms with Gasteiger partial charge in [-0.1, -0.05) is 6.07 Å². The summed E-state index contributed by atoms with van der Waals surface area (Å²) in [5, 5.41) is 4.30. The van der Waals surface area contributed by atoms with Crippen LogP contribution in [0.1, 0.15) is 4.88 Å². The lowest BCUT2D eigenvalue weighted by atomic mass is 10.3. The van der Waals surface area contributed by atoms with Crippen molar-refractivity contribution in [2.45, 2.75) is 5.75 Å². The zero-order chi connectivity index (χ0) is 8.39. The highest BCUT2D eigenvalue weighted by molar-refractivity contribution is 7.79. The zero-order valence-electron chi connectivity index (χ0n) is 6.36. The lowest BCUT2D eigenvalue weighted by molar-refractivity contribution is 1.57. The third-order valence-corrected chi connectivity index (χ3v) is 4.03. The van der Waals surface area contributed by atoms with Crippen LogP contribution < -0.4 is 0 Å². The minimum atomic E-state index is 0.843. The molecule has 0 spiro atoms. The molecule has 12 heavy (non-hydrogen) atoms. The molecule has 0 bridgehead atoms. The molecule has 0 fully saturated rings. The smallest absolute Gasteiger partial charge is 0.0351 e. The fourth-order valence-electron chi connectivity index (χ4n) is 1.04. The van der Waals surface area contributed by atoms with Crippen molar-refractivity contribution in [3.05, 3.63) is 33.8 Å². The van der Waals surface area contributed by atoms with Crippen molar-refractivity contribution < 1.29 is 0 Å². The Balaban J connectivity index is 2.35. The van der Waals surface area contributed by atoms with Gasteiger partial charge in [-0.05, 0) is 22.9 Å². The largest absolute Gasteiger partial charge is 0.174 e. The summed E-state index contributed by atoms with van der Waals surface area (Å²) in [5.41, 5.74) is 1.33. The van der Waals surface area contributed by atoms with Crippen molar-refractivity contribution in [2.24, 2.45) is 0 Å². The third kappa shape index (κ3) is 1.58. The SMILES string of the molecule is SCc1cc(-c2cccs2)cs1. The topological polar surface area (TPSA) is 0 Å². The van der Waals surface area contributed by atoms with Crippen molar-refractivity contribution in [3.63, 3.8) is 0 Å². The molecular weight excluding hydrogens is 204 g/mol. The van der Waals surface area contributed by atoms with Crippen molar-refractivity contribution in [2.75, 3.05) is 0 Å². The average Bonchev–Trinajstić information content (AvgIpc) is 2.75. The summed E-state index contributed by atoms with van der Waals surface area (Å²) in [6.07, 6.45) is 0. The van der Waals surface area contributed by atoms with Crippen LogP contribution in [0, 0.1) is 0 Å². The van der Waals surface area contributed by atoms with E-state index in [4.69, 9.17) is 0 Å². The number of thiol groups is 1. The van der Waals surface area contributed by atoms with Crippen LogP contribution in [0.5, 0.6) is 0 Å². The Labute approximate surface area is 85.3 Å². The van der Waals surface area contributed by atoms with Gasteiger partial charge < -0.3 is 0 Å². The van der Waals surface area contributed by atoms with Crippen LogP contribution in [0.3, 0.4) is 0 Å². The molecule has 62 valence electrons. The molecule has 0 amide bonds. The van der Waals surface area contributed by atoms with Crippen LogP contribution in [0.15, 0.2) is 29.0 Å². The lowest BCUT2D eigenvalue weighted by Crippen LogP contribution is -1.64. The number of hydrogen-bond donors (Lipinski definition) is 1. The van der Waals surface area contributed by atoms with E-state index in [0.717, 1.165) is 5.75 Å². The highest BCUT2D eigenvalue weighted by atomic mass is 32.1. The second-order valence-corrected chi connectivity index (χ2v) is 4.70. The maximum Gasteiger partial charge on any atom is 0.0351 e. The van der Waals surface area contributed by atoms with Crippen molar-refractivity contribution in [1.29, 1.82) is 0 Å². The fraction of sp³-hybridized carbons (Fsp3) is 0.111. The molecule has 0 aromatic carbocycles. The molecule has 0 N–H and O–H groups in total. The van der Waals surface area contributed by atoms with E-state index in [1.165, 1.54) is 15.3 Å². The van der Waals surface area contributed by atoms with E-state index in [2.05, 4.69) is 41.6 Å². The van der Waals surface area contributed by atoms with Gasteiger partial charge in [-0.2, -0.15) is 12.6 Å². The average molecular weight is 212 g/mol. The standard InChI is InChI=1S/C9H8S3/c10-5-8-4-7(6-12-8)9-2-1-3-11-9/h1-4,6,10H,5H2. The Kier molecular flexibility index (Phi) is 2.54. The van der Waals surface area contributed by atoms with Gasteiger partial charge in [0.15, 0.2) is 0 Å². The maximum absolute atomic E-state index is 4.23. The highest BCUT2D eigenvalue weighted by Gasteiger charge is 2.01. The van der Waals surface area contributed by atoms with Gasteiger partial charge in [0.2, 0.25) is 0 Å². The molecule has 3 heteroatoms. The molecule has 2 heterocycles. The Morgan fingerprint density at radius 3 is 2.83 bits per heavy atom. The lowest BCUT2D eigenvalue weighted by Gasteiger charge is -1.87. The molecule has 0 radical (unpaired) electrons. The van der Waals surface area contributed by atoms with Gasteiger partial charge in [-0.15, -0.1) is 22.7 Å². The Morgan fingerprint density at radius 2 is 2.25 bits per heavy atom. The molecule has 0 atom stereocenters. The zero-order valence-corrected chi connectivity index (χ0v) is 8.88. The Morgan fingerprint density at radius 1 is 1.33 bits per heavy atom. The molecule has 0 unspecified atom stereocenters. The van der Waals surface area contributed by atoms with E-state index in [0.29, 0.717) is 0 Å². The monoisotopic (exact) mass is 212 g/mol. The minimum Gasteiger partial charge on any atom is -0.174 e. The molecule has 0 saturated carbocycles. The van der Waals surface area contributed by atoms with Crippen LogP contribution in [0.25, 0.3) is 10.4 Å². The van der Waals surface area contributed by atoms with E-state index >= 15 is 0 Å². The fourth-order valence-corrected chi connectivity index (χ4v) is 2.88. The summed E-state index contributed by atoms with van der Waals surface area (Å²) in [7, 11) is 0. The summed E-state index contributed by atoms with van der Waals surface area (Å²) < 4.78 is 0.